The van der Waals surface area contributed by atoms with Gasteiger partial charge in [-0.3, -0.25) is 4.57 Å². The maximum absolute atomic E-state index is 10.2. The Hall–Kier alpha value is -2.79. The number of aromatic nitrogens is 4. The molecule has 4 atom stereocenters. The van der Waals surface area contributed by atoms with Crippen molar-refractivity contribution in [3.8, 4) is 0 Å². The maximum Gasteiger partial charge on any atom is 0.167 e. The van der Waals surface area contributed by atoms with E-state index in [2.05, 4.69) is 20.3 Å². The molecule has 6 N–H and O–H groups in total. The number of nitrogens with one attached hydrogen (secondary N) is 1. The van der Waals surface area contributed by atoms with E-state index in [-0.39, 0.29) is 0 Å². The third-order valence-electron chi connectivity index (χ3n) is 4.56. The summed E-state index contributed by atoms with van der Waals surface area (Å²) in [5, 5.41) is 32.7. The average Bonchev–Trinajstić information content (AvgIpc) is 3.22. The summed E-state index contributed by atoms with van der Waals surface area (Å²) >= 11 is 0. The molecule has 3 aromatic rings. The molecule has 0 unspecified atom stereocenters. The van der Waals surface area contributed by atoms with Gasteiger partial charge in [0, 0.05) is 12.2 Å². The maximum atomic E-state index is 10.2. The van der Waals surface area contributed by atoms with E-state index < -0.39 is 31.1 Å². The molecule has 4 rings (SSSR count). The molecule has 3 heterocycles. The number of nitrogens with two attached hydrogens (primary N) is 1. The highest BCUT2D eigenvalue weighted by atomic mass is 16.6. The number of rotatable bonds is 5. The minimum Gasteiger partial charge on any atom is -0.399 e. The average molecular weight is 372 g/mol. The van der Waals surface area contributed by atoms with E-state index >= 15 is 0 Å². The minimum absolute atomic E-state index is 0.399. The Morgan fingerprint density at radius 1 is 1.19 bits per heavy atom. The van der Waals surface area contributed by atoms with Gasteiger partial charge in [0.2, 0.25) is 0 Å². The van der Waals surface area contributed by atoms with E-state index in [0.29, 0.717) is 29.2 Å². The lowest BCUT2D eigenvalue weighted by Crippen LogP contribution is -2.33. The first kappa shape index (κ1) is 17.6. The molecule has 0 aliphatic carbocycles. The Labute approximate surface area is 154 Å². The van der Waals surface area contributed by atoms with Crippen LogP contribution in [0.15, 0.2) is 36.9 Å². The smallest absolute Gasteiger partial charge is 0.167 e. The number of aliphatic hydroxyl groups is 3. The summed E-state index contributed by atoms with van der Waals surface area (Å²) in [6.45, 7) is 0.0984. The quantitative estimate of drug-likeness (QED) is 0.378. The molecule has 10 nitrogen and oxygen atoms in total. The van der Waals surface area contributed by atoms with Crippen molar-refractivity contribution in [2.75, 3.05) is 17.7 Å². The Morgan fingerprint density at radius 3 is 2.78 bits per heavy atom. The van der Waals surface area contributed by atoms with Crippen molar-refractivity contribution >= 4 is 22.7 Å². The van der Waals surface area contributed by atoms with Crippen LogP contribution < -0.4 is 11.1 Å². The van der Waals surface area contributed by atoms with Crippen LogP contribution in [0, 0.1) is 0 Å². The Bertz CT molecular complexity index is 948. The van der Waals surface area contributed by atoms with Gasteiger partial charge in [-0.1, -0.05) is 12.1 Å². The number of hydrogen-bond donors (Lipinski definition) is 5. The van der Waals surface area contributed by atoms with Crippen molar-refractivity contribution in [2.45, 2.75) is 31.1 Å². The second kappa shape index (κ2) is 7.08. The van der Waals surface area contributed by atoms with Crippen LogP contribution in [0.25, 0.3) is 11.2 Å². The lowest BCUT2D eigenvalue weighted by atomic mass is 10.1. The second-order valence-electron chi connectivity index (χ2n) is 6.37. The van der Waals surface area contributed by atoms with Crippen molar-refractivity contribution in [3.05, 3.63) is 42.5 Å². The molecule has 27 heavy (non-hydrogen) atoms. The van der Waals surface area contributed by atoms with Crippen LogP contribution in [0.1, 0.15) is 11.8 Å². The molecule has 1 aliphatic heterocycles. The minimum atomic E-state index is -1.21. The zero-order valence-electron chi connectivity index (χ0n) is 14.3. The molecule has 0 bridgehead atoms. The van der Waals surface area contributed by atoms with Gasteiger partial charge in [-0.25, -0.2) is 15.0 Å². The third kappa shape index (κ3) is 3.19. The molecule has 1 aliphatic rings. The number of fused-ring (bicyclic) bond motifs is 1. The second-order valence-corrected chi connectivity index (χ2v) is 6.37. The fourth-order valence-corrected chi connectivity index (χ4v) is 3.17. The number of ether oxygens (including phenoxy) is 1. The van der Waals surface area contributed by atoms with E-state index in [9.17, 15) is 15.3 Å². The Morgan fingerprint density at radius 2 is 2.04 bits per heavy atom. The van der Waals surface area contributed by atoms with Gasteiger partial charge < -0.3 is 31.1 Å². The van der Waals surface area contributed by atoms with Crippen molar-refractivity contribution in [1.29, 1.82) is 0 Å². The molecule has 2 aromatic heterocycles. The molecular formula is C17H20N6O4. The summed E-state index contributed by atoms with van der Waals surface area (Å²) in [5.41, 5.74) is 8.40. The zero-order chi connectivity index (χ0) is 19.0. The molecule has 0 radical (unpaired) electrons. The molecule has 0 saturated carbocycles. The van der Waals surface area contributed by atoms with Crippen molar-refractivity contribution in [2.24, 2.45) is 0 Å². The summed E-state index contributed by atoms with van der Waals surface area (Å²) in [7, 11) is 0. The van der Waals surface area contributed by atoms with E-state index in [4.69, 9.17) is 10.5 Å². The summed E-state index contributed by atoms with van der Waals surface area (Å²) in [5.74, 6) is 0.521. The lowest BCUT2D eigenvalue weighted by molar-refractivity contribution is -0.0511. The predicted octanol–water partition coefficient (Wildman–Crippen LogP) is -0.368. The van der Waals surface area contributed by atoms with Gasteiger partial charge >= 0.3 is 0 Å². The highest BCUT2D eigenvalue weighted by Gasteiger charge is 2.44. The van der Waals surface area contributed by atoms with E-state index in [0.717, 1.165) is 5.56 Å². The SMILES string of the molecule is Nc1cccc(CNc2ncnc3c2ncn3[C@@H]2O[C@H](CO)[C@@H](O)[C@@H]2O)c1. The number of anilines is 2. The topological polar surface area (TPSA) is 152 Å². The van der Waals surface area contributed by atoms with Gasteiger partial charge in [-0.15, -0.1) is 0 Å². The van der Waals surface area contributed by atoms with Crippen LogP contribution in [0.5, 0.6) is 0 Å². The van der Waals surface area contributed by atoms with Crippen LogP contribution in [-0.4, -0.2) is 59.8 Å². The summed E-state index contributed by atoms with van der Waals surface area (Å²) < 4.78 is 7.07. The molecular weight excluding hydrogens is 352 g/mol. The van der Waals surface area contributed by atoms with Crippen molar-refractivity contribution in [3.63, 3.8) is 0 Å². The van der Waals surface area contributed by atoms with Crippen LogP contribution in [0.3, 0.4) is 0 Å². The number of hydrogen-bond acceptors (Lipinski definition) is 9. The van der Waals surface area contributed by atoms with Crippen LogP contribution >= 0.6 is 0 Å². The number of nitrogen functional groups attached to an aromatic ring is 1. The molecule has 1 aromatic carbocycles. The fraction of sp³-hybridized carbons (Fsp3) is 0.353. The predicted molar refractivity (Wildman–Crippen MR) is 96.5 cm³/mol. The fourth-order valence-electron chi connectivity index (χ4n) is 3.17. The largest absolute Gasteiger partial charge is 0.399 e. The highest BCUT2D eigenvalue weighted by Crippen LogP contribution is 2.32. The number of aliphatic hydroxyl groups excluding tert-OH is 3. The van der Waals surface area contributed by atoms with Gasteiger partial charge in [0.1, 0.15) is 24.6 Å². The van der Waals surface area contributed by atoms with E-state index in [1.54, 1.807) is 0 Å². The number of benzene rings is 1. The zero-order valence-corrected chi connectivity index (χ0v) is 14.3. The first-order chi connectivity index (χ1) is 13.1. The number of nitrogens with zero attached hydrogens (tertiary/aromatic N) is 4. The first-order valence-corrected chi connectivity index (χ1v) is 8.46. The summed E-state index contributed by atoms with van der Waals surface area (Å²) in [6.07, 6.45) is -1.34. The van der Waals surface area contributed by atoms with Crippen LogP contribution in [0.4, 0.5) is 11.5 Å². The molecule has 142 valence electrons. The van der Waals surface area contributed by atoms with Gasteiger partial charge in [0.15, 0.2) is 23.2 Å². The summed E-state index contributed by atoms with van der Waals surface area (Å²) in [6, 6.07) is 7.50. The summed E-state index contributed by atoms with van der Waals surface area (Å²) in [4.78, 5) is 12.8. The van der Waals surface area contributed by atoms with E-state index in [1.165, 1.54) is 17.2 Å². The number of imidazole rings is 1. The molecule has 1 fully saturated rings. The normalized spacial score (nSPS) is 25.1. The van der Waals surface area contributed by atoms with Crippen LogP contribution in [0.2, 0.25) is 0 Å². The van der Waals surface area contributed by atoms with E-state index in [1.807, 2.05) is 24.3 Å². The lowest BCUT2D eigenvalue weighted by Gasteiger charge is -2.16. The molecule has 0 spiro atoms. The van der Waals surface area contributed by atoms with Crippen LogP contribution in [-0.2, 0) is 11.3 Å². The monoisotopic (exact) mass is 372 g/mol. The standard InChI is InChI=1S/C17H20N6O4/c18-10-3-1-2-9(4-10)5-19-15-12-16(21-7-20-15)23(8-22-12)17-14(26)13(25)11(6-24)27-17/h1-4,7-8,11,13-14,17,24-26H,5-6,18H2,(H,19,20,21)/t11-,13-,14+,17-/m1/s1. The van der Waals surface area contributed by atoms with Crippen molar-refractivity contribution < 1.29 is 20.1 Å². The molecule has 1 saturated heterocycles. The van der Waals surface area contributed by atoms with Gasteiger partial charge in [-0.2, -0.15) is 0 Å². The molecule has 10 heteroatoms. The van der Waals surface area contributed by atoms with Gasteiger partial charge in [0.05, 0.1) is 12.9 Å². The Kier molecular flexibility index (Phi) is 4.62. The first-order valence-electron chi connectivity index (χ1n) is 8.46. The Balaban J connectivity index is 1.60. The van der Waals surface area contributed by atoms with Gasteiger partial charge in [-0.05, 0) is 17.7 Å². The highest BCUT2D eigenvalue weighted by molar-refractivity contribution is 5.82. The van der Waals surface area contributed by atoms with Crippen molar-refractivity contribution in [1.82, 2.24) is 19.5 Å². The van der Waals surface area contributed by atoms with Gasteiger partial charge in [0.25, 0.3) is 0 Å². The molecule has 0 amide bonds. The third-order valence-corrected chi connectivity index (χ3v) is 4.56.